The number of nitrogens with zero attached hydrogens (tertiary/aromatic N) is 4. The Morgan fingerprint density at radius 3 is 2.59 bits per heavy atom. The summed E-state index contributed by atoms with van der Waals surface area (Å²) in [6, 6.07) is 12.9. The third-order valence-electron chi connectivity index (χ3n) is 5.09. The molecular weight excluding hydrogens is 410 g/mol. The van der Waals surface area contributed by atoms with Crippen molar-refractivity contribution in [3.63, 3.8) is 0 Å². The van der Waals surface area contributed by atoms with Gasteiger partial charge in [-0.15, -0.1) is 0 Å². The zero-order valence-corrected chi connectivity index (χ0v) is 18.0. The molecule has 0 bridgehead atoms. The first-order valence-corrected chi connectivity index (χ1v) is 10.0. The van der Waals surface area contributed by atoms with Crippen molar-refractivity contribution < 1.29 is 14.3 Å². The maximum absolute atomic E-state index is 12.9. The molecule has 2 aromatic heterocycles. The minimum absolute atomic E-state index is 0.0829. The number of hydrogen-bond donors (Lipinski definition) is 1. The summed E-state index contributed by atoms with van der Waals surface area (Å²) in [5, 5.41) is 7.51. The van der Waals surface area contributed by atoms with Gasteiger partial charge in [0.05, 0.1) is 38.1 Å². The zero-order chi connectivity index (χ0) is 22.7. The number of ether oxygens (including phenoxy) is 2. The van der Waals surface area contributed by atoms with E-state index in [2.05, 4.69) is 15.4 Å². The number of anilines is 1. The first-order valence-electron chi connectivity index (χ1n) is 10.0. The topological polar surface area (TPSA) is 100 Å². The van der Waals surface area contributed by atoms with Crippen LogP contribution in [-0.4, -0.2) is 39.5 Å². The Hall–Kier alpha value is -4.14. The van der Waals surface area contributed by atoms with E-state index in [0.29, 0.717) is 28.2 Å². The van der Waals surface area contributed by atoms with E-state index in [0.717, 1.165) is 11.3 Å². The molecule has 2 heterocycles. The van der Waals surface area contributed by atoms with Crippen molar-refractivity contribution >= 4 is 22.6 Å². The van der Waals surface area contributed by atoms with Gasteiger partial charge in [0, 0.05) is 19.0 Å². The van der Waals surface area contributed by atoms with Crippen LogP contribution in [0.1, 0.15) is 12.0 Å². The Balaban J connectivity index is 1.50. The first-order chi connectivity index (χ1) is 15.5. The quantitative estimate of drug-likeness (QED) is 0.481. The van der Waals surface area contributed by atoms with Gasteiger partial charge < -0.3 is 14.8 Å². The van der Waals surface area contributed by atoms with Crippen LogP contribution in [0.2, 0.25) is 0 Å². The molecule has 1 N–H and O–H groups in total. The summed E-state index contributed by atoms with van der Waals surface area (Å²) < 4.78 is 13.5. The smallest absolute Gasteiger partial charge is 0.264 e. The lowest BCUT2D eigenvalue weighted by Crippen LogP contribution is -2.23. The monoisotopic (exact) mass is 433 g/mol. The number of nitrogens with one attached hydrogen (secondary N) is 1. The highest BCUT2D eigenvalue weighted by molar-refractivity contribution is 5.92. The maximum Gasteiger partial charge on any atom is 0.264 e. The van der Waals surface area contributed by atoms with Gasteiger partial charge in [-0.3, -0.25) is 14.2 Å². The summed E-state index contributed by atoms with van der Waals surface area (Å²) in [6.07, 6.45) is 3.03. The van der Waals surface area contributed by atoms with Crippen LogP contribution >= 0.6 is 0 Å². The molecule has 1 amide bonds. The van der Waals surface area contributed by atoms with E-state index in [1.165, 1.54) is 24.2 Å². The minimum atomic E-state index is -0.265. The molecule has 0 atom stereocenters. The van der Waals surface area contributed by atoms with Crippen LogP contribution in [-0.2, 0) is 11.3 Å². The number of hydrogen-bond acceptors (Lipinski definition) is 6. The molecule has 0 aliphatic carbocycles. The van der Waals surface area contributed by atoms with Gasteiger partial charge in [0.25, 0.3) is 5.56 Å². The van der Waals surface area contributed by atoms with E-state index >= 15 is 0 Å². The summed E-state index contributed by atoms with van der Waals surface area (Å²) in [6.45, 7) is 2.18. The highest BCUT2D eigenvalue weighted by Gasteiger charge is 2.13. The van der Waals surface area contributed by atoms with Crippen molar-refractivity contribution in [3.05, 3.63) is 70.9 Å². The molecule has 164 valence electrons. The number of carbonyl (C=O) groups excluding carboxylic acids is 1. The van der Waals surface area contributed by atoms with E-state index in [4.69, 9.17) is 9.47 Å². The van der Waals surface area contributed by atoms with Crippen molar-refractivity contribution in [2.24, 2.45) is 0 Å². The Labute approximate surface area is 184 Å². The number of amides is 1. The molecule has 32 heavy (non-hydrogen) atoms. The Bertz CT molecular complexity index is 1320. The van der Waals surface area contributed by atoms with Gasteiger partial charge in [0.1, 0.15) is 16.9 Å². The lowest BCUT2D eigenvalue weighted by molar-refractivity contribution is -0.116. The third kappa shape index (κ3) is 4.18. The predicted molar refractivity (Wildman–Crippen MR) is 121 cm³/mol. The molecule has 0 saturated carbocycles. The van der Waals surface area contributed by atoms with Crippen molar-refractivity contribution in [1.29, 1.82) is 0 Å². The Morgan fingerprint density at radius 2 is 1.88 bits per heavy atom. The molecule has 0 fully saturated rings. The molecule has 0 aliphatic heterocycles. The van der Waals surface area contributed by atoms with E-state index < -0.39 is 0 Å². The summed E-state index contributed by atoms with van der Waals surface area (Å²) in [7, 11) is 3.07. The lowest BCUT2D eigenvalue weighted by Gasteiger charge is -2.12. The van der Waals surface area contributed by atoms with Gasteiger partial charge in [-0.2, -0.15) is 5.10 Å². The van der Waals surface area contributed by atoms with Crippen molar-refractivity contribution in [2.75, 3.05) is 19.5 Å². The molecule has 4 rings (SSSR count). The van der Waals surface area contributed by atoms with Gasteiger partial charge >= 0.3 is 0 Å². The van der Waals surface area contributed by atoms with Gasteiger partial charge in [-0.05, 0) is 31.2 Å². The molecule has 0 unspecified atom stereocenters. The number of aryl methyl sites for hydroxylation is 2. The fraction of sp³-hybridized carbons (Fsp3) is 0.217. The second-order valence-corrected chi connectivity index (χ2v) is 7.24. The van der Waals surface area contributed by atoms with Crippen LogP contribution in [0.15, 0.2) is 59.8 Å². The van der Waals surface area contributed by atoms with E-state index in [-0.39, 0.29) is 24.4 Å². The fourth-order valence-corrected chi connectivity index (χ4v) is 3.33. The maximum atomic E-state index is 12.9. The van der Waals surface area contributed by atoms with Crippen LogP contribution in [0.5, 0.6) is 11.5 Å². The number of aromatic nitrogens is 4. The van der Waals surface area contributed by atoms with Crippen molar-refractivity contribution in [1.82, 2.24) is 19.3 Å². The highest BCUT2D eigenvalue weighted by atomic mass is 16.5. The Kier molecular flexibility index (Phi) is 5.89. The average molecular weight is 433 g/mol. The number of carbonyl (C=O) groups is 1. The molecule has 4 aromatic rings. The summed E-state index contributed by atoms with van der Waals surface area (Å²) in [5.74, 6) is 0.847. The van der Waals surface area contributed by atoms with Gasteiger partial charge in [0.2, 0.25) is 5.91 Å². The van der Waals surface area contributed by atoms with Gasteiger partial charge in [-0.1, -0.05) is 17.7 Å². The molecule has 0 aliphatic rings. The normalized spacial score (nSPS) is 10.8. The number of rotatable bonds is 7. The zero-order valence-electron chi connectivity index (χ0n) is 18.0. The van der Waals surface area contributed by atoms with Crippen LogP contribution < -0.4 is 20.3 Å². The summed E-state index contributed by atoms with van der Waals surface area (Å²) in [4.78, 5) is 29.8. The molecular formula is C23H23N5O4. The van der Waals surface area contributed by atoms with Gasteiger partial charge in [-0.25, -0.2) is 9.67 Å². The van der Waals surface area contributed by atoms with Crippen LogP contribution in [0.25, 0.3) is 16.7 Å². The van der Waals surface area contributed by atoms with E-state index in [1.54, 1.807) is 30.0 Å². The van der Waals surface area contributed by atoms with Crippen LogP contribution in [0, 0.1) is 6.92 Å². The predicted octanol–water partition coefficient (Wildman–Crippen LogP) is 2.94. The highest BCUT2D eigenvalue weighted by Crippen LogP contribution is 2.29. The molecule has 0 radical (unpaired) electrons. The van der Waals surface area contributed by atoms with Crippen LogP contribution in [0.4, 0.5) is 5.69 Å². The molecule has 9 nitrogen and oxygen atoms in total. The first kappa shape index (κ1) is 21.1. The van der Waals surface area contributed by atoms with E-state index in [9.17, 15) is 9.59 Å². The second kappa shape index (κ2) is 8.93. The Morgan fingerprint density at radius 1 is 1.09 bits per heavy atom. The van der Waals surface area contributed by atoms with Crippen LogP contribution in [0.3, 0.4) is 0 Å². The minimum Gasteiger partial charge on any atom is -0.497 e. The summed E-state index contributed by atoms with van der Waals surface area (Å²) >= 11 is 0. The average Bonchev–Trinajstić information content (AvgIpc) is 3.24. The van der Waals surface area contributed by atoms with Crippen molar-refractivity contribution in [2.45, 2.75) is 19.9 Å². The van der Waals surface area contributed by atoms with E-state index in [1.807, 2.05) is 31.2 Å². The number of fused-ring (bicyclic) bond motifs is 1. The third-order valence-corrected chi connectivity index (χ3v) is 5.09. The second-order valence-electron chi connectivity index (χ2n) is 7.24. The molecule has 2 aromatic carbocycles. The van der Waals surface area contributed by atoms with Crippen molar-refractivity contribution in [3.8, 4) is 17.2 Å². The SMILES string of the molecule is COc1ccc(OC)c(NC(=O)CCn2cnc3c(cnn3-c3ccc(C)cc3)c2=O)c1. The molecule has 0 spiro atoms. The largest absolute Gasteiger partial charge is 0.497 e. The molecule has 0 saturated heterocycles. The molecule has 9 heteroatoms. The summed E-state index contributed by atoms with van der Waals surface area (Å²) in [5.41, 5.74) is 2.67. The van der Waals surface area contributed by atoms with Gasteiger partial charge in [0.15, 0.2) is 5.65 Å². The lowest BCUT2D eigenvalue weighted by atomic mass is 10.2. The fourth-order valence-electron chi connectivity index (χ4n) is 3.33. The number of methoxy groups -OCH3 is 2. The number of benzene rings is 2. The standard InChI is InChI=1S/C23H23N5O4/c1-15-4-6-16(7-5-15)28-22-18(13-25-28)23(30)27(14-24-22)11-10-21(29)26-19-12-17(31-2)8-9-20(19)32-3/h4-9,12-14H,10-11H2,1-3H3,(H,26,29).